The molecule has 210 valence electrons. The Labute approximate surface area is 224 Å². The zero-order valence-electron chi connectivity index (χ0n) is 21.5. The smallest absolute Gasteiger partial charge is 0.303 e. The first-order valence-corrected chi connectivity index (χ1v) is 12.4. The van der Waals surface area contributed by atoms with E-state index in [2.05, 4.69) is 0 Å². The van der Waals surface area contributed by atoms with Gasteiger partial charge in [-0.15, -0.1) is 0 Å². The molecule has 0 radical (unpaired) electrons. The van der Waals surface area contributed by atoms with Crippen LogP contribution in [0.4, 0.5) is 0 Å². The Hall–Kier alpha value is -2.93. The van der Waals surface area contributed by atoms with Crippen LogP contribution in [0.25, 0.3) is 0 Å². The molecule has 0 bridgehead atoms. The highest BCUT2D eigenvalue weighted by Crippen LogP contribution is 2.43. The van der Waals surface area contributed by atoms with E-state index in [0.29, 0.717) is 26.1 Å². The lowest BCUT2D eigenvalue weighted by Gasteiger charge is -2.48. The fourth-order valence-electron chi connectivity index (χ4n) is 4.30. The molecule has 0 saturated carbocycles. The van der Waals surface area contributed by atoms with Crippen LogP contribution in [0.3, 0.4) is 0 Å². The van der Waals surface area contributed by atoms with E-state index in [9.17, 15) is 24.3 Å². The van der Waals surface area contributed by atoms with Gasteiger partial charge < -0.3 is 38.3 Å². The summed E-state index contributed by atoms with van der Waals surface area (Å²) >= 11 is 6.36. The Bertz CT molecular complexity index is 1040. The Morgan fingerprint density at radius 1 is 0.947 bits per heavy atom. The van der Waals surface area contributed by atoms with Gasteiger partial charge in [-0.3, -0.25) is 19.2 Å². The molecular formula is C25H31ClO12. The molecule has 1 aromatic rings. The molecule has 12 nitrogen and oxygen atoms in total. The minimum atomic E-state index is -2.48. The SMILES string of the molecule is CC(=O)OC[C@H]1O[C@](O)(c2ccc(Cl)c(OC3CCOCC3)c2)[C@H](OC(C)=O)[C@@H](OC(C)=O)[C@@H]1OC(C)=O. The summed E-state index contributed by atoms with van der Waals surface area (Å²) in [6.45, 7) is 4.98. The Kier molecular flexibility index (Phi) is 9.94. The molecule has 13 heteroatoms. The van der Waals surface area contributed by atoms with Gasteiger partial charge in [0.05, 0.1) is 18.2 Å². The summed E-state index contributed by atoms with van der Waals surface area (Å²) < 4.78 is 38.5. The van der Waals surface area contributed by atoms with E-state index in [4.69, 9.17) is 44.8 Å². The number of aliphatic hydroxyl groups is 1. The van der Waals surface area contributed by atoms with E-state index >= 15 is 0 Å². The number of carbonyl (C=O) groups excluding carboxylic acids is 4. The molecule has 0 aromatic heterocycles. The summed E-state index contributed by atoms with van der Waals surface area (Å²) in [5.74, 6) is -5.39. The normalized spacial score (nSPS) is 27.6. The molecule has 2 aliphatic rings. The number of ether oxygens (including phenoxy) is 7. The van der Waals surface area contributed by atoms with Crippen molar-refractivity contribution in [2.45, 2.75) is 76.8 Å². The fourth-order valence-corrected chi connectivity index (χ4v) is 4.46. The van der Waals surface area contributed by atoms with Crippen molar-refractivity contribution in [3.8, 4) is 5.75 Å². The summed E-state index contributed by atoms with van der Waals surface area (Å²) in [4.78, 5) is 47.6. The van der Waals surface area contributed by atoms with Crippen molar-refractivity contribution < 1.29 is 57.4 Å². The number of hydrogen-bond acceptors (Lipinski definition) is 12. The largest absolute Gasteiger partial charge is 0.489 e. The lowest BCUT2D eigenvalue weighted by molar-refractivity contribution is -0.360. The molecule has 0 aliphatic carbocycles. The molecule has 0 unspecified atom stereocenters. The van der Waals surface area contributed by atoms with E-state index in [1.54, 1.807) is 0 Å². The first-order chi connectivity index (χ1) is 17.9. The highest BCUT2D eigenvalue weighted by Gasteiger charge is 2.60. The van der Waals surface area contributed by atoms with Crippen molar-refractivity contribution in [3.63, 3.8) is 0 Å². The minimum absolute atomic E-state index is 0.0291. The van der Waals surface area contributed by atoms with Crippen LogP contribution in [-0.4, -0.2) is 79.3 Å². The number of carbonyl (C=O) groups is 4. The molecule has 2 fully saturated rings. The quantitative estimate of drug-likeness (QED) is 0.365. The summed E-state index contributed by atoms with van der Waals surface area (Å²) in [6.07, 6.45) is -4.94. The van der Waals surface area contributed by atoms with Gasteiger partial charge in [0.1, 0.15) is 24.6 Å². The average Bonchev–Trinajstić information content (AvgIpc) is 2.83. The van der Waals surface area contributed by atoms with Crippen LogP contribution in [0.5, 0.6) is 5.75 Å². The second-order valence-corrected chi connectivity index (χ2v) is 9.32. The fraction of sp³-hybridized carbons (Fsp3) is 0.600. The molecule has 1 aromatic carbocycles. The lowest BCUT2D eigenvalue weighted by Crippen LogP contribution is -2.66. The number of hydrogen-bond donors (Lipinski definition) is 1. The van der Waals surface area contributed by atoms with Crippen molar-refractivity contribution in [1.82, 2.24) is 0 Å². The minimum Gasteiger partial charge on any atom is -0.489 e. The third kappa shape index (κ3) is 7.34. The van der Waals surface area contributed by atoms with Crippen LogP contribution in [0.2, 0.25) is 5.02 Å². The van der Waals surface area contributed by atoms with E-state index in [1.807, 2.05) is 0 Å². The second kappa shape index (κ2) is 12.7. The van der Waals surface area contributed by atoms with Crippen LogP contribution >= 0.6 is 11.6 Å². The molecule has 3 rings (SSSR count). The van der Waals surface area contributed by atoms with Gasteiger partial charge in [0.15, 0.2) is 12.2 Å². The Morgan fingerprint density at radius 2 is 1.55 bits per heavy atom. The number of halogens is 1. The summed E-state index contributed by atoms with van der Waals surface area (Å²) in [7, 11) is 0. The molecule has 2 aliphatic heterocycles. The van der Waals surface area contributed by atoms with Gasteiger partial charge >= 0.3 is 23.9 Å². The van der Waals surface area contributed by atoms with Crippen LogP contribution < -0.4 is 4.74 Å². The Balaban J connectivity index is 2.09. The predicted molar refractivity (Wildman–Crippen MR) is 128 cm³/mol. The van der Waals surface area contributed by atoms with Crippen LogP contribution in [0, 0.1) is 0 Å². The van der Waals surface area contributed by atoms with E-state index in [1.165, 1.54) is 18.2 Å². The monoisotopic (exact) mass is 558 g/mol. The van der Waals surface area contributed by atoms with Crippen molar-refractivity contribution in [3.05, 3.63) is 28.8 Å². The topological polar surface area (TPSA) is 153 Å². The third-order valence-electron chi connectivity index (χ3n) is 5.86. The zero-order chi connectivity index (χ0) is 28.0. The molecule has 38 heavy (non-hydrogen) atoms. The molecule has 0 spiro atoms. The first kappa shape index (κ1) is 29.6. The second-order valence-electron chi connectivity index (χ2n) is 8.91. The van der Waals surface area contributed by atoms with Gasteiger partial charge in [-0.25, -0.2) is 0 Å². The highest BCUT2D eigenvalue weighted by molar-refractivity contribution is 6.32. The number of esters is 4. The maximum atomic E-state index is 12.1. The van der Waals surface area contributed by atoms with Crippen LogP contribution in [0.1, 0.15) is 46.1 Å². The molecular weight excluding hydrogens is 528 g/mol. The van der Waals surface area contributed by atoms with Crippen molar-refractivity contribution in [2.75, 3.05) is 19.8 Å². The summed E-state index contributed by atoms with van der Waals surface area (Å²) in [5, 5.41) is 12.2. The van der Waals surface area contributed by atoms with Gasteiger partial charge in [-0.2, -0.15) is 0 Å². The third-order valence-corrected chi connectivity index (χ3v) is 6.17. The van der Waals surface area contributed by atoms with E-state index in [-0.39, 0.29) is 22.4 Å². The maximum Gasteiger partial charge on any atom is 0.303 e. The maximum absolute atomic E-state index is 12.1. The Morgan fingerprint density at radius 3 is 2.13 bits per heavy atom. The van der Waals surface area contributed by atoms with Crippen molar-refractivity contribution in [2.24, 2.45) is 0 Å². The van der Waals surface area contributed by atoms with Gasteiger partial charge in [0.25, 0.3) is 0 Å². The summed E-state index contributed by atoms with van der Waals surface area (Å²) in [5.41, 5.74) is 0.0291. The first-order valence-electron chi connectivity index (χ1n) is 12.0. The molecule has 5 atom stereocenters. The standard InChI is InChI=1S/C25H31ClO12/c1-13(27)33-12-21-22(34-14(2)28)23(35-15(3)29)24(36-16(4)30)25(31,38-21)17-5-6-19(26)20(11-17)37-18-7-9-32-10-8-18/h5-6,11,18,21-24,31H,7-10,12H2,1-4H3/t21-,22-,23+,24-,25-/m1/s1. The summed E-state index contributed by atoms with van der Waals surface area (Å²) in [6, 6.07) is 4.28. The molecule has 2 heterocycles. The molecule has 1 N–H and O–H groups in total. The van der Waals surface area contributed by atoms with Gasteiger partial charge in [-0.1, -0.05) is 17.7 Å². The zero-order valence-corrected chi connectivity index (χ0v) is 22.2. The highest BCUT2D eigenvalue weighted by atomic mass is 35.5. The lowest BCUT2D eigenvalue weighted by atomic mass is 9.87. The van der Waals surface area contributed by atoms with Gasteiger partial charge in [0, 0.05) is 46.1 Å². The average molecular weight is 559 g/mol. The van der Waals surface area contributed by atoms with Gasteiger partial charge in [-0.05, 0) is 12.1 Å². The number of rotatable bonds is 8. The molecule has 0 amide bonds. The van der Waals surface area contributed by atoms with E-state index in [0.717, 1.165) is 27.7 Å². The van der Waals surface area contributed by atoms with Crippen molar-refractivity contribution >= 4 is 35.5 Å². The van der Waals surface area contributed by atoms with Gasteiger partial charge in [0.2, 0.25) is 11.9 Å². The van der Waals surface area contributed by atoms with Crippen molar-refractivity contribution in [1.29, 1.82) is 0 Å². The molecule has 2 saturated heterocycles. The van der Waals surface area contributed by atoms with Crippen LogP contribution in [-0.2, 0) is 53.4 Å². The van der Waals surface area contributed by atoms with E-state index < -0.39 is 60.7 Å². The number of benzene rings is 1. The predicted octanol–water partition coefficient (Wildman–Crippen LogP) is 1.80. The van der Waals surface area contributed by atoms with Crippen LogP contribution in [0.15, 0.2) is 18.2 Å².